The lowest BCUT2D eigenvalue weighted by molar-refractivity contribution is -0.154. The minimum absolute atomic E-state index is 0.184. The second kappa shape index (κ2) is 2.79. The maximum atomic E-state index is 11.9. The van der Waals surface area contributed by atoms with Crippen molar-refractivity contribution in [3.05, 3.63) is 23.8 Å². The lowest BCUT2D eigenvalue weighted by Gasteiger charge is -2.54. The van der Waals surface area contributed by atoms with Crippen LogP contribution in [0.25, 0.3) is 0 Å². The Hall–Kier alpha value is -1.38. The van der Waals surface area contributed by atoms with Crippen molar-refractivity contribution in [2.24, 2.45) is 41.4 Å². The predicted molar refractivity (Wildman–Crippen MR) is 62.0 cm³/mol. The number of rotatable bonds is 1. The van der Waals surface area contributed by atoms with Crippen LogP contribution in [-0.4, -0.2) is 11.9 Å². The number of carbonyl (C=O) groups is 2. The average Bonchev–Trinajstić information content (AvgIpc) is 3.07. The highest BCUT2D eigenvalue weighted by Crippen LogP contribution is 2.64. The third-order valence-corrected chi connectivity index (χ3v) is 5.61. The summed E-state index contributed by atoms with van der Waals surface area (Å²) in [5.74, 6) is 1.33. The Kier molecular flexibility index (Phi) is 1.48. The normalized spacial score (nSPS) is 51.4. The summed E-state index contributed by atoms with van der Waals surface area (Å²) < 4.78 is 4.88. The molecule has 0 aromatic rings. The molecule has 92 valence electrons. The van der Waals surface area contributed by atoms with Gasteiger partial charge in [-0.25, -0.2) is 0 Å². The molecular formula is C15H14O3. The summed E-state index contributed by atoms with van der Waals surface area (Å²) in [7, 11) is 0. The number of hydrogen-bond acceptors (Lipinski definition) is 3. The summed E-state index contributed by atoms with van der Waals surface area (Å²) >= 11 is 0. The fraction of sp³-hybridized carbons (Fsp3) is 0.600. The summed E-state index contributed by atoms with van der Waals surface area (Å²) in [5.41, 5.74) is 1.57. The quantitative estimate of drug-likeness (QED) is 0.399. The number of allylic oxidation sites excluding steroid dienone is 4. The van der Waals surface area contributed by atoms with Gasteiger partial charge in [-0.3, -0.25) is 9.59 Å². The first kappa shape index (κ1) is 9.54. The zero-order valence-electron chi connectivity index (χ0n) is 9.91. The second-order valence-electron chi connectivity index (χ2n) is 6.38. The lowest BCUT2D eigenvalue weighted by Crippen LogP contribution is -2.53. The summed E-state index contributed by atoms with van der Waals surface area (Å²) in [6.45, 7) is 0. The molecule has 0 aromatic heterocycles. The molecule has 2 bridgehead atoms. The smallest absolute Gasteiger partial charge is 0.318 e. The van der Waals surface area contributed by atoms with Crippen LogP contribution in [0.1, 0.15) is 12.8 Å². The molecule has 6 aliphatic rings. The molecule has 18 heavy (non-hydrogen) atoms. The molecule has 0 aromatic carbocycles. The van der Waals surface area contributed by atoms with Gasteiger partial charge in [0.15, 0.2) is 0 Å². The Morgan fingerprint density at radius 1 is 0.889 bits per heavy atom. The molecule has 5 aliphatic carbocycles. The first-order valence-electron chi connectivity index (χ1n) is 6.91. The molecular weight excluding hydrogens is 228 g/mol. The van der Waals surface area contributed by atoms with Gasteiger partial charge in [0.05, 0.1) is 11.8 Å². The van der Waals surface area contributed by atoms with Crippen molar-refractivity contribution in [1.29, 1.82) is 0 Å². The van der Waals surface area contributed by atoms with E-state index in [2.05, 4.69) is 18.2 Å². The Bertz CT molecular complexity index is 540. The van der Waals surface area contributed by atoms with Gasteiger partial charge in [0.2, 0.25) is 0 Å². The van der Waals surface area contributed by atoms with E-state index in [9.17, 15) is 9.59 Å². The van der Waals surface area contributed by atoms with Crippen molar-refractivity contribution in [3.63, 3.8) is 0 Å². The van der Waals surface area contributed by atoms with Crippen molar-refractivity contribution >= 4 is 11.9 Å². The molecule has 0 radical (unpaired) electrons. The van der Waals surface area contributed by atoms with E-state index in [0.717, 1.165) is 5.92 Å². The standard InChI is InChI=1S/C15H14O3/c16-14-12-7-3-4-8(13(12)15(17)18-14)11-9(5-10(7)11)6-1-2-6/h3-8,10-13H,1-2H2/t7-,8-,10-,11-,12-,13+/m0/s1. The molecule has 0 spiro atoms. The predicted octanol–water partition coefficient (Wildman–Crippen LogP) is 1.70. The van der Waals surface area contributed by atoms with Crippen LogP contribution in [0.5, 0.6) is 0 Å². The van der Waals surface area contributed by atoms with Crippen molar-refractivity contribution in [2.75, 3.05) is 0 Å². The molecule has 1 heterocycles. The fourth-order valence-electron chi connectivity index (χ4n) is 4.72. The van der Waals surface area contributed by atoms with Crippen LogP contribution in [0.15, 0.2) is 23.8 Å². The van der Waals surface area contributed by atoms with E-state index in [1.165, 1.54) is 12.8 Å². The van der Waals surface area contributed by atoms with Crippen LogP contribution in [-0.2, 0) is 14.3 Å². The molecule has 3 nitrogen and oxygen atoms in total. The van der Waals surface area contributed by atoms with Gasteiger partial charge in [-0.1, -0.05) is 23.8 Å². The summed E-state index contributed by atoms with van der Waals surface area (Å²) in [4.78, 5) is 23.7. The third kappa shape index (κ3) is 0.909. The minimum atomic E-state index is -0.281. The molecule has 0 unspecified atom stereocenters. The van der Waals surface area contributed by atoms with E-state index in [1.807, 2.05) is 0 Å². The maximum Gasteiger partial charge on any atom is 0.318 e. The van der Waals surface area contributed by atoms with Crippen LogP contribution in [0.3, 0.4) is 0 Å². The number of esters is 2. The van der Waals surface area contributed by atoms with E-state index in [4.69, 9.17) is 4.74 Å². The summed E-state index contributed by atoms with van der Waals surface area (Å²) in [6.07, 6.45) is 9.35. The molecule has 0 amide bonds. The van der Waals surface area contributed by atoms with E-state index in [0.29, 0.717) is 11.8 Å². The van der Waals surface area contributed by atoms with Crippen molar-refractivity contribution in [3.8, 4) is 0 Å². The van der Waals surface area contributed by atoms with Gasteiger partial charge in [-0.2, -0.15) is 0 Å². The van der Waals surface area contributed by atoms with Crippen LogP contribution < -0.4 is 0 Å². The largest absolute Gasteiger partial charge is 0.393 e. The highest BCUT2D eigenvalue weighted by Gasteiger charge is 2.64. The monoisotopic (exact) mass is 242 g/mol. The van der Waals surface area contributed by atoms with Crippen molar-refractivity contribution in [2.45, 2.75) is 12.8 Å². The van der Waals surface area contributed by atoms with Gasteiger partial charge in [-0.05, 0) is 42.4 Å². The topological polar surface area (TPSA) is 43.4 Å². The summed E-state index contributed by atoms with van der Waals surface area (Å²) in [5, 5.41) is 0. The van der Waals surface area contributed by atoms with Crippen LogP contribution in [0.2, 0.25) is 0 Å². The molecule has 6 rings (SSSR count). The number of cyclic esters (lactones) is 2. The fourth-order valence-corrected chi connectivity index (χ4v) is 4.72. The highest BCUT2D eigenvalue weighted by atomic mass is 16.6. The zero-order valence-corrected chi connectivity index (χ0v) is 9.91. The summed E-state index contributed by atoms with van der Waals surface area (Å²) in [6, 6.07) is 0. The van der Waals surface area contributed by atoms with E-state index < -0.39 is 0 Å². The molecule has 3 fully saturated rings. The number of ether oxygens (including phenoxy) is 1. The van der Waals surface area contributed by atoms with Crippen molar-refractivity contribution < 1.29 is 14.3 Å². The van der Waals surface area contributed by atoms with Crippen LogP contribution in [0.4, 0.5) is 0 Å². The van der Waals surface area contributed by atoms with Gasteiger partial charge in [0.1, 0.15) is 0 Å². The molecule has 6 atom stereocenters. The molecule has 1 saturated heterocycles. The molecule has 3 heteroatoms. The second-order valence-corrected chi connectivity index (χ2v) is 6.38. The third-order valence-electron chi connectivity index (χ3n) is 5.61. The van der Waals surface area contributed by atoms with E-state index >= 15 is 0 Å². The van der Waals surface area contributed by atoms with Gasteiger partial charge in [0, 0.05) is 0 Å². The zero-order chi connectivity index (χ0) is 12.0. The van der Waals surface area contributed by atoms with Crippen molar-refractivity contribution in [1.82, 2.24) is 0 Å². The van der Waals surface area contributed by atoms with E-state index in [1.54, 1.807) is 5.57 Å². The molecule has 0 N–H and O–H groups in total. The van der Waals surface area contributed by atoms with Gasteiger partial charge >= 0.3 is 11.9 Å². The Morgan fingerprint density at radius 2 is 1.56 bits per heavy atom. The number of hydrogen-bond donors (Lipinski definition) is 0. The molecule has 1 aliphatic heterocycles. The minimum Gasteiger partial charge on any atom is -0.393 e. The van der Waals surface area contributed by atoms with Gasteiger partial charge < -0.3 is 4.74 Å². The van der Waals surface area contributed by atoms with Crippen LogP contribution >= 0.6 is 0 Å². The Balaban J connectivity index is 1.61. The van der Waals surface area contributed by atoms with Gasteiger partial charge in [0.25, 0.3) is 0 Å². The first-order valence-corrected chi connectivity index (χ1v) is 6.91. The maximum absolute atomic E-state index is 11.9. The number of carbonyl (C=O) groups excluding carboxylic acids is 2. The molecule has 2 saturated carbocycles. The Morgan fingerprint density at radius 3 is 2.28 bits per heavy atom. The van der Waals surface area contributed by atoms with E-state index in [-0.39, 0.29) is 35.6 Å². The van der Waals surface area contributed by atoms with Gasteiger partial charge in [-0.15, -0.1) is 0 Å². The lowest BCUT2D eigenvalue weighted by atomic mass is 9.47. The highest BCUT2D eigenvalue weighted by molar-refractivity contribution is 5.98. The van der Waals surface area contributed by atoms with Crippen LogP contribution in [0, 0.1) is 41.4 Å². The SMILES string of the molecule is O=C1OC(=O)[C@H]2[C@H]3C=C[C@@H]([C@H]4C(C5CC5)=C[C@@H]34)[C@@H]12. The Labute approximate surface area is 105 Å². The average molecular weight is 242 g/mol. The first-order chi connectivity index (χ1) is 8.75.